The van der Waals surface area contributed by atoms with Gasteiger partial charge in [0, 0.05) is 25.6 Å². The summed E-state index contributed by atoms with van der Waals surface area (Å²) in [5, 5.41) is 0. The molecule has 1 aliphatic rings. The molecule has 2 aromatic rings. The third-order valence-electron chi connectivity index (χ3n) is 5.62. The van der Waals surface area contributed by atoms with Crippen LogP contribution >= 0.6 is 0 Å². The van der Waals surface area contributed by atoms with Crippen molar-refractivity contribution in [2.24, 2.45) is 11.8 Å². The topological polar surface area (TPSA) is 38.8 Å². The molecule has 0 aromatic heterocycles. The van der Waals surface area contributed by atoms with Crippen molar-refractivity contribution in [3.63, 3.8) is 0 Å². The summed E-state index contributed by atoms with van der Waals surface area (Å²) in [7, 11) is 1.66. The lowest BCUT2D eigenvalue weighted by molar-refractivity contribution is -0.113. The molecular formula is C24H31NO3. The second-order valence-electron chi connectivity index (χ2n) is 7.56. The fourth-order valence-electron chi connectivity index (χ4n) is 4.07. The Morgan fingerprint density at radius 2 is 1.71 bits per heavy atom. The number of rotatable bonds is 10. The number of aldehydes is 1. The summed E-state index contributed by atoms with van der Waals surface area (Å²) in [6.45, 7) is 3.21. The van der Waals surface area contributed by atoms with Crippen molar-refractivity contribution >= 4 is 6.29 Å². The molecule has 28 heavy (non-hydrogen) atoms. The van der Waals surface area contributed by atoms with Crippen LogP contribution in [0.1, 0.15) is 31.2 Å². The number of hydrogen-bond donors (Lipinski definition) is 0. The van der Waals surface area contributed by atoms with Crippen LogP contribution in [0.5, 0.6) is 11.5 Å². The molecule has 0 heterocycles. The fourth-order valence-corrected chi connectivity index (χ4v) is 4.07. The van der Waals surface area contributed by atoms with E-state index in [9.17, 15) is 4.79 Å². The predicted molar refractivity (Wildman–Crippen MR) is 112 cm³/mol. The zero-order valence-corrected chi connectivity index (χ0v) is 16.8. The van der Waals surface area contributed by atoms with Gasteiger partial charge in [-0.2, -0.15) is 0 Å². The third-order valence-corrected chi connectivity index (χ3v) is 5.62. The maximum Gasteiger partial charge on any atom is 0.161 e. The van der Waals surface area contributed by atoms with E-state index in [1.54, 1.807) is 7.11 Å². The number of nitrogens with zero attached hydrogens (tertiary/aromatic N) is 1. The van der Waals surface area contributed by atoms with E-state index in [4.69, 9.17) is 9.47 Å². The Bertz CT molecular complexity index is 719. The molecule has 150 valence electrons. The standard InChI is InChI=1S/C24H31NO3/c1-27-23-13-7-8-14-24(23)28-16-15-25(17-20-9-3-2-4-10-20)18-21-11-5-6-12-22(21)19-26/h2-4,7-10,13-14,19,21-22H,5-6,11-12,15-18H2,1H3. The molecular weight excluding hydrogens is 350 g/mol. The van der Waals surface area contributed by atoms with Gasteiger partial charge in [0.1, 0.15) is 12.9 Å². The second kappa shape index (κ2) is 10.9. The minimum absolute atomic E-state index is 0.196. The Morgan fingerprint density at radius 3 is 2.46 bits per heavy atom. The van der Waals surface area contributed by atoms with Gasteiger partial charge in [0.05, 0.1) is 7.11 Å². The summed E-state index contributed by atoms with van der Waals surface area (Å²) in [5.41, 5.74) is 1.29. The maximum atomic E-state index is 11.5. The molecule has 2 atom stereocenters. The van der Waals surface area contributed by atoms with Gasteiger partial charge in [0.2, 0.25) is 0 Å². The molecule has 4 heteroatoms. The molecule has 0 saturated heterocycles. The van der Waals surface area contributed by atoms with Crippen molar-refractivity contribution in [2.75, 3.05) is 26.8 Å². The first kappa shape index (κ1) is 20.4. The summed E-state index contributed by atoms with van der Waals surface area (Å²) in [4.78, 5) is 14.0. The lowest BCUT2D eigenvalue weighted by Crippen LogP contribution is -2.37. The van der Waals surface area contributed by atoms with E-state index in [0.717, 1.165) is 44.0 Å². The predicted octanol–water partition coefficient (Wildman–Crippen LogP) is 4.58. The summed E-state index contributed by atoms with van der Waals surface area (Å²) < 4.78 is 11.4. The number of benzene rings is 2. The van der Waals surface area contributed by atoms with Gasteiger partial charge >= 0.3 is 0 Å². The highest BCUT2D eigenvalue weighted by atomic mass is 16.5. The average Bonchev–Trinajstić information content (AvgIpc) is 2.75. The number of carbonyl (C=O) groups is 1. The molecule has 2 aromatic carbocycles. The van der Waals surface area contributed by atoms with Crippen LogP contribution in [0.3, 0.4) is 0 Å². The van der Waals surface area contributed by atoms with Crippen molar-refractivity contribution in [1.82, 2.24) is 4.90 Å². The summed E-state index contributed by atoms with van der Waals surface area (Å²) >= 11 is 0. The first-order valence-electron chi connectivity index (χ1n) is 10.3. The van der Waals surface area contributed by atoms with Crippen LogP contribution in [0.2, 0.25) is 0 Å². The van der Waals surface area contributed by atoms with Crippen molar-refractivity contribution in [3.8, 4) is 11.5 Å². The molecule has 0 aliphatic heterocycles. The first-order chi connectivity index (χ1) is 13.8. The fraction of sp³-hybridized carbons (Fsp3) is 0.458. The van der Waals surface area contributed by atoms with Gasteiger partial charge in [-0.15, -0.1) is 0 Å². The molecule has 0 N–H and O–H groups in total. The first-order valence-corrected chi connectivity index (χ1v) is 10.3. The van der Waals surface area contributed by atoms with Crippen molar-refractivity contribution in [3.05, 3.63) is 60.2 Å². The van der Waals surface area contributed by atoms with E-state index in [1.165, 1.54) is 24.7 Å². The molecule has 2 unspecified atom stereocenters. The van der Waals surface area contributed by atoms with E-state index in [2.05, 4.69) is 29.2 Å². The lowest BCUT2D eigenvalue weighted by atomic mass is 9.80. The molecule has 0 spiro atoms. The van der Waals surface area contributed by atoms with Crippen molar-refractivity contribution < 1.29 is 14.3 Å². The number of carbonyl (C=O) groups excluding carboxylic acids is 1. The Hall–Kier alpha value is -2.33. The van der Waals surface area contributed by atoms with Gasteiger partial charge in [0.15, 0.2) is 11.5 Å². The summed E-state index contributed by atoms with van der Waals surface area (Å²) in [6.07, 6.45) is 5.75. The molecule has 1 fully saturated rings. The van der Waals surface area contributed by atoms with Crippen LogP contribution in [0.15, 0.2) is 54.6 Å². The highest BCUT2D eigenvalue weighted by Crippen LogP contribution is 2.30. The van der Waals surface area contributed by atoms with E-state index < -0.39 is 0 Å². The van der Waals surface area contributed by atoms with Crippen LogP contribution in [0.4, 0.5) is 0 Å². The summed E-state index contributed by atoms with van der Waals surface area (Å²) in [6, 6.07) is 18.3. The van der Waals surface area contributed by atoms with Gasteiger partial charge < -0.3 is 14.3 Å². The Morgan fingerprint density at radius 1 is 1.00 bits per heavy atom. The van der Waals surface area contributed by atoms with Crippen LogP contribution in [0, 0.1) is 11.8 Å². The second-order valence-corrected chi connectivity index (χ2v) is 7.56. The minimum Gasteiger partial charge on any atom is -0.493 e. The van der Waals surface area contributed by atoms with Gasteiger partial charge in [-0.25, -0.2) is 0 Å². The van der Waals surface area contributed by atoms with Crippen molar-refractivity contribution in [2.45, 2.75) is 32.2 Å². The Labute approximate surface area is 168 Å². The number of ether oxygens (including phenoxy) is 2. The zero-order valence-electron chi connectivity index (χ0n) is 16.8. The Balaban J connectivity index is 1.62. The lowest BCUT2D eigenvalue weighted by Gasteiger charge is -2.33. The van der Waals surface area contributed by atoms with Crippen LogP contribution in [-0.2, 0) is 11.3 Å². The highest BCUT2D eigenvalue weighted by Gasteiger charge is 2.26. The number of para-hydroxylation sites is 2. The number of methoxy groups -OCH3 is 1. The highest BCUT2D eigenvalue weighted by molar-refractivity contribution is 5.54. The molecule has 3 rings (SSSR count). The molecule has 0 bridgehead atoms. The summed E-state index contributed by atoms with van der Waals surface area (Å²) in [5.74, 6) is 2.17. The van der Waals surface area contributed by atoms with E-state index in [-0.39, 0.29) is 5.92 Å². The van der Waals surface area contributed by atoms with Gasteiger partial charge in [0.25, 0.3) is 0 Å². The Kier molecular flexibility index (Phi) is 7.92. The maximum absolute atomic E-state index is 11.5. The van der Waals surface area contributed by atoms with Crippen LogP contribution in [0.25, 0.3) is 0 Å². The molecule has 1 saturated carbocycles. The smallest absolute Gasteiger partial charge is 0.161 e. The average molecular weight is 382 g/mol. The van der Waals surface area contributed by atoms with E-state index in [0.29, 0.717) is 12.5 Å². The quantitative estimate of drug-likeness (QED) is 0.565. The van der Waals surface area contributed by atoms with Gasteiger partial charge in [-0.3, -0.25) is 4.90 Å². The van der Waals surface area contributed by atoms with E-state index >= 15 is 0 Å². The normalized spacial score (nSPS) is 19.4. The van der Waals surface area contributed by atoms with Crippen LogP contribution in [-0.4, -0.2) is 38.0 Å². The molecule has 1 aliphatic carbocycles. The van der Waals surface area contributed by atoms with Gasteiger partial charge in [-0.1, -0.05) is 55.3 Å². The largest absolute Gasteiger partial charge is 0.493 e. The van der Waals surface area contributed by atoms with E-state index in [1.807, 2.05) is 30.3 Å². The minimum atomic E-state index is 0.196. The number of hydrogen-bond acceptors (Lipinski definition) is 4. The van der Waals surface area contributed by atoms with Crippen LogP contribution < -0.4 is 9.47 Å². The monoisotopic (exact) mass is 381 g/mol. The third kappa shape index (κ3) is 5.83. The molecule has 0 amide bonds. The molecule has 4 nitrogen and oxygen atoms in total. The zero-order chi connectivity index (χ0) is 19.6. The SMILES string of the molecule is COc1ccccc1OCCN(Cc1ccccc1)CC1CCCCC1C=O. The molecule has 0 radical (unpaired) electrons. The van der Waals surface area contributed by atoms with Gasteiger partial charge in [-0.05, 0) is 36.5 Å². The van der Waals surface area contributed by atoms with Crippen molar-refractivity contribution in [1.29, 1.82) is 0 Å².